The van der Waals surface area contributed by atoms with Crippen molar-refractivity contribution in [2.24, 2.45) is 11.3 Å². The number of halogens is 9. The molecule has 0 bridgehead atoms. The highest BCUT2D eigenvalue weighted by Crippen LogP contribution is 2.43. The Kier molecular flexibility index (Phi) is 8.01. The van der Waals surface area contributed by atoms with Crippen molar-refractivity contribution in [2.75, 3.05) is 44.2 Å². The second kappa shape index (κ2) is 10.5. The van der Waals surface area contributed by atoms with Gasteiger partial charge in [-0.3, -0.25) is 4.90 Å². The molecule has 4 rings (SSSR count). The van der Waals surface area contributed by atoms with E-state index in [4.69, 9.17) is 0 Å². The van der Waals surface area contributed by atoms with Crippen molar-refractivity contribution in [1.82, 2.24) is 9.80 Å². The highest BCUT2D eigenvalue weighted by Gasteiger charge is 2.60. The van der Waals surface area contributed by atoms with Crippen LogP contribution in [-0.4, -0.2) is 73.6 Å². The van der Waals surface area contributed by atoms with Gasteiger partial charge in [-0.25, -0.2) is 4.79 Å². The van der Waals surface area contributed by atoms with Crippen molar-refractivity contribution in [2.45, 2.75) is 63.8 Å². The van der Waals surface area contributed by atoms with Crippen molar-refractivity contribution < 1.29 is 49.0 Å². The van der Waals surface area contributed by atoms with E-state index in [9.17, 15) is 44.3 Å². The van der Waals surface area contributed by atoms with E-state index < -0.39 is 36.3 Å². The lowest BCUT2D eigenvalue weighted by molar-refractivity contribution is -0.308. The van der Waals surface area contributed by atoms with Crippen LogP contribution >= 0.6 is 0 Å². The second-order valence-corrected chi connectivity index (χ2v) is 11.0. The molecule has 3 aliphatic rings. The molecular formula is C25H30F9N3O2. The van der Waals surface area contributed by atoms with Crippen LogP contribution in [0.5, 0.6) is 0 Å². The van der Waals surface area contributed by atoms with Crippen LogP contribution in [0.4, 0.5) is 50.0 Å². The van der Waals surface area contributed by atoms with E-state index >= 15 is 0 Å². The standard InChI is InChI=1S/C25H30F9N3O2/c1-16-4-8-37(13-16)19-12-18(23(26,27)28)3-2-17(19)14-35-9-5-22(15-35)6-10-36(11-7-22)21(38)39-20(24(29,30)31)25(32,33)34/h2-3,12,16,20H,4-11,13-15H2,1H3. The van der Waals surface area contributed by atoms with E-state index in [0.717, 1.165) is 23.0 Å². The van der Waals surface area contributed by atoms with Crippen LogP contribution in [0, 0.1) is 11.3 Å². The lowest BCUT2D eigenvalue weighted by Gasteiger charge is -2.39. The molecule has 0 N–H and O–H groups in total. The van der Waals surface area contributed by atoms with E-state index in [-0.39, 0.29) is 18.5 Å². The van der Waals surface area contributed by atoms with E-state index in [1.54, 1.807) is 0 Å². The minimum absolute atomic E-state index is 0.0493. The van der Waals surface area contributed by atoms with Crippen molar-refractivity contribution >= 4 is 11.8 Å². The molecule has 0 aliphatic carbocycles. The number of alkyl halides is 9. The van der Waals surface area contributed by atoms with Crippen molar-refractivity contribution in [3.8, 4) is 0 Å². The topological polar surface area (TPSA) is 36.0 Å². The van der Waals surface area contributed by atoms with Gasteiger partial charge in [0, 0.05) is 45.0 Å². The summed E-state index contributed by atoms with van der Waals surface area (Å²) in [6.45, 7) is 4.87. The Morgan fingerprint density at radius 1 is 0.974 bits per heavy atom. The van der Waals surface area contributed by atoms with Crippen LogP contribution in [0.25, 0.3) is 0 Å². The van der Waals surface area contributed by atoms with E-state index in [1.165, 1.54) is 12.1 Å². The monoisotopic (exact) mass is 575 g/mol. The number of rotatable bonds is 4. The van der Waals surface area contributed by atoms with Crippen molar-refractivity contribution in [3.05, 3.63) is 29.3 Å². The van der Waals surface area contributed by atoms with Gasteiger partial charge in [-0.1, -0.05) is 13.0 Å². The zero-order valence-electron chi connectivity index (χ0n) is 21.2. The van der Waals surface area contributed by atoms with Gasteiger partial charge >= 0.3 is 24.6 Å². The Morgan fingerprint density at radius 2 is 1.59 bits per heavy atom. The highest BCUT2D eigenvalue weighted by atomic mass is 19.4. The third-order valence-corrected chi connectivity index (χ3v) is 7.98. The predicted octanol–water partition coefficient (Wildman–Crippen LogP) is 6.47. The van der Waals surface area contributed by atoms with Crippen LogP contribution in [0.2, 0.25) is 0 Å². The SMILES string of the molecule is CC1CCN(c2cc(C(F)(F)F)ccc2CN2CCC3(CCN(C(=O)OC(C(F)(F)F)C(F)(F)F)CC3)C2)C1. The molecule has 1 aromatic carbocycles. The molecule has 1 aromatic rings. The molecule has 39 heavy (non-hydrogen) atoms. The number of benzene rings is 1. The van der Waals surface area contributed by atoms with Crippen molar-refractivity contribution in [3.63, 3.8) is 0 Å². The van der Waals surface area contributed by atoms with Gasteiger partial charge in [-0.05, 0) is 61.3 Å². The number of amides is 1. The Bertz CT molecular complexity index is 1020. The molecule has 3 aliphatic heterocycles. The molecule has 1 spiro atoms. The van der Waals surface area contributed by atoms with Gasteiger partial charge in [0.05, 0.1) is 5.56 Å². The number of likely N-dealkylation sites (tertiary alicyclic amines) is 2. The zero-order chi connectivity index (χ0) is 28.8. The third-order valence-electron chi connectivity index (χ3n) is 7.98. The summed E-state index contributed by atoms with van der Waals surface area (Å²) in [5.74, 6) is 0.363. The maximum absolute atomic E-state index is 13.4. The van der Waals surface area contributed by atoms with E-state index in [2.05, 4.69) is 9.64 Å². The number of carbonyl (C=O) groups excluding carboxylic acids is 1. The summed E-state index contributed by atoms with van der Waals surface area (Å²) in [4.78, 5) is 17.0. The summed E-state index contributed by atoms with van der Waals surface area (Å²) in [5.41, 5.74) is 0.312. The molecule has 5 nitrogen and oxygen atoms in total. The average Bonchev–Trinajstić information content (AvgIpc) is 3.42. The summed E-state index contributed by atoms with van der Waals surface area (Å²) >= 11 is 0. The van der Waals surface area contributed by atoms with Crippen molar-refractivity contribution in [1.29, 1.82) is 0 Å². The van der Waals surface area contributed by atoms with Crippen LogP contribution in [0.3, 0.4) is 0 Å². The Balaban J connectivity index is 1.38. The Morgan fingerprint density at radius 3 is 2.13 bits per heavy atom. The normalized spacial score (nSPS) is 22.8. The molecule has 1 atom stereocenters. The first-order valence-electron chi connectivity index (χ1n) is 12.7. The van der Waals surface area contributed by atoms with Crippen LogP contribution in [0.1, 0.15) is 43.7 Å². The summed E-state index contributed by atoms with van der Waals surface area (Å²) in [5, 5.41) is 0. The lowest BCUT2D eigenvalue weighted by atomic mass is 9.78. The predicted molar refractivity (Wildman–Crippen MR) is 123 cm³/mol. The van der Waals surface area contributed by atoms with Gasteiger partial charge in [0.1, 0.15) is 0 Å². The van der Waals surface area contributed by atoms with E-state index in [1.807, 2.05) is 11.8 Å². The number of carbonyl (C=O) groups is 1. The molecule has 1 amide bonds. The fourth-order valence-corrected chi connectivity index (χ4v) is 5.79. The quantitative estimate of drug-likeness (QED) is 0.386. The minimum atomic E-state index is -5.78. The average molecular weight is 576 g/mol. The van der Waals surface area contributed by atoms with Gasteiger partial charge < -0.3 is 14.5 Å². The molecule has 1 unspecified atom stereocenters. The molecule has 3 heterocycles. The largest absolute Gasteiger partial charge is 0.434 e. The second-order valence-electron chi connectivity index (χ2n) is 11.0. The molecule has 3 saturated heterocycles. The molecular weight excluding hydrogens is 545 g/mol. The highest BCUT2D eigenvalue weighted by molar-refractivity contribution is 5.68. The number of ether oxygens (including phenoxy) is 1. The maximum atomic E-state index is 13.4. The maximum Gasteiger partial charge on any atom is 0.434 e. The van der Waals surface area contributed by atoms with Gasteiger partial charge in [0.25, 0.3) is 6.10 Å². The summed E-state index contributed by atoms with van der Waals surface area (Å²) in [7, 11) is 0. The molecule has 220 valence electrons. The molecule has 3 fully saturated rings. The molecule has 14 heteroatoms. The van der Waals surface area contributed by atoms with Crippen LogP contribution in [-0.2, 0) is 17.5 Å². The molecule has 0 saturated carbocycles. The van der Waals surface area contributed by atoms with Gasteiger partial charge in [-0.2, -0.15) is 39.5 Å². The summed E-state index contributed by atoms with van der Waals surface area (Å²) < 4.78 is 121. The number of anilines is 1. The smallest absolute Gasteiger partial charge is 0.426 e. The first-order chi connectivity index (χ1) is 18.0. The van der Waals surface area contributed by atoms with Gasteiger partial charge in [0.2, 0.25) is 0 Å². The minimum Gasteiger partial charge on any atom is -0.426 e. The number of hydrogen-bond acceptors (Lipinski definition) is 4. The lowest BCUT2D eigenvalue weighted by Crippen LogP contribution is -2.50. The fourth-order valence-electron chi connectivity index (χ4n) is 5.79. The first kappa shape index (κ1) is 29.6. The number of piperidine rings is 1. The first-order valence-corrected chi connectivity index (χ1v) is 12.7. The number of hydrogen-bond donors (Lipinski definition) is 0. The Hall–Kier alpha value is -2.38. The summed E-state index contributed by atoms with van der Waals surface area (Å²) in [6.07, 6.45) is -19.6. The zero-order valence-corrected chi connectivity index (χ0v) is 21.2. The van der Waals surface area contributed by atoms with Crippen LogP contribution < -0.4 is 4.90 Å². The van der Waals surface area contributed by atoms with Crippen LogP contribution in [0.15, 0.2) is 18.2 Å². The molecule has 0 aromatic heterocycles. The van der Waals surface area contributed by atoms with E-state index in [0.29, 0.717) is 63.6 Å². The summed E-state index contributed by atoms with van der Waals surface area (Å²) in [6, 6.07) is 3.77. The van der Waals surface area contributed by atoms with Gasteiger partial charge in [0.15, 0.2) is 0 Å². The Labute approximate surface area is 219 Å². The van der Waals surface area contributed by atoms with Gasteiger partial charge in [-0.15, -0.1) is 0 Å². The molecule has 0 radical (unpaired) electrons. The fraction of sp³-hybridized carbons (Fsp3) is 0.720. The third kappa shape index (κ3) is 6.86. The number of nitrogens with zero attached hydrogens (tertiary/aromatic N) is 3.